The van der Waals surface area contributed by atoms with E-state index in [0.717, 1.165) is 0 Å². The second-order valence-corrected chi connectivity index (χ2v) is 3.93. The van der Waals surface area contributed by atoms with E-state index >= 15 is 0 Å². The molecule has 6 nitrogen and oxygen atoms in total. The van der Waals surface area contributed by atoms with Crippen LogP contribution in [-0.2, 0) is 7.05 Å². The number of carbonyl (C=O) groups excluding carboxylic acids is 1. The normalized spacial score (nSPS) is 10.6. The number of nitrogens with one attached hydrogen (secondary N) is 1. The van der Waals surface area contributed by atoms with Crippen LogP contribution in [0.4, 0.5) is 20.3 Å². The van der Waals surface area contributed by atoms with Gasteiger partial charge in [0.05, 0.1) is 11.9 Å². The Labute approximate surface area is 113 Å². The van der Waals surface area contributed by atoms with Gasteiger partial charge in [0.2, 0.25) is 0 Å². The highest BCUT2D eigenvalue weighted by atomic mass is 19.3. The quantitative estimate of drug-likeness (QED) is 0.896. The number of nitrogen functional groups attached to an aromatic ring is 1. The Morgan fingerprint density at radius 3 is 2.55 bits per heavy atom. The molecule has 8 heteroatoms. The molecule has 1 amide bonds. The average Bonchev–Trinajstić information content (AvgIpc) is 2.70. The summed E-state index contributed by atoms with van der Waals surface area (Å²) in [5.74, 6) is -0.0802. The van der Waals surface area contributed by atoms with Crippen molar-refractivity contribution < 1.29 is 18.3 Å². The van der Waals surface area contributed by atoms with Gasteiger partial charge in [0.15, 0.2) is 5.82 Å². The molecule has 1 aromatic carbocycles. The van der Waals surface area contributed by atoms with Gasteiger partial charge in [-0.1, -0.05) is 0 Å². The zero-order chi connectivity index (χ0) is 14.7. The number of hydrogen-bond donors (Lipinski definition) is 2. The van der Waals surface area contributed by atoms with Gasteiger partial charge in [-0.2, -0.15) is 13.9 Å². The molecule has 1 aromatic heterocycles. The standard InChI is InChI=1S/C12H12F2N4O2/c1-18-10(9(15)6-16-18)17-11(19)7-2-4-8(5-3-7)20-12(13)14/h2-6,12H,15H2,1H3,(H,17,19). The first-order valence-electron chi connectivity index (χ1n) is 5.61. The van der Waals surface area contributed by atoms with Crippen molar-refractivity contribution in [3.8, 4) is 5.75 Å². The third-order valence-corrected chi connectivity index (χ3v) is 2.54. The maximum absolute atomic E-state index is 12.0. The van der Waals surface area contributed by atoms with Crippen molar-refractivity contribution in [3.05, 3.63) is 36.0 Å². The minimum atomic E-state index is -2.90. The topological polar surface area (TPSA) is 82.2 Å². The average molecular weight is 282 g/mol. The zero-order valence-electron chi connectivity index (χ0n) is 10.5. The fourth-order valence-corrected chi connectivity index (χ4v) is 1.58. The van der Waals surface area contributed by atoms with E-state index in [1.807, 2.05) is 0 Å². The molecule has 0 aliphatic rings. The minimum Gasteiger partial charge on any atom is -0.435 e. The molecular formula is C12H12F2N4O2. The number of aromatic nitrogens is 2. The van der Waals surface area contributed by atoms with Crippen LogP contribution >= 0.6 is 0 Å². The number of anilines is 2. The summed E-state index contributed by atoms with van der Waals surface area (Å²) in [5, 5.41) is 6.47. The van der Waals surface area contributed by atoms with E-state index in [1.54, 1.807) is 7.05 Å². The van der Waals surface area contributed by atoms with E-state index in [0.29, 0.717) is 11.5 Å². The molecule has 0 aliphatic carbocycles. The molecule has 0 fully saturated rings. The summed E-state index contributed by atoms with van der Waals surface area (Å²) >= 11 is 0. The maximum atomic E-state index is 12.0. The lowest BCUT2D eigenvalue weighted by molar-refractivity contribution is -0.0498. The number of alkyl halides is 2. The zero-order valence-corrected chi connectivity index (χ0v) is 10.5. The van der Waals surface area contributed by atoms with Crippen molar-refractivity contribution in [1.82, 2.24) is 9.78 Å². The predicted octanol–water partition coefficient (Wildman–Crippen LogP) is 1.86. The van der Waals surface area contributed by atoms with Crippen molar-refractivity contribution in [2.24, 2.45) is 7.05 Å². The monoisotopic (exact) mass is 282 g/mol. The Bertz CT molecular complexity index is 591. The highest BCUT2D eigenvalue weighted by Crippen LogP contribution is 2.19. The summed E-state index contributed by atoms with van der Waals surface area (Å²) < 4.78 is 29.6. The van der Waals surface area contributed by atoms with E-state index in [9.17, 15) is 13.6 Å². The summed E-state index contributed by atoms with van der Waals surface area (Å²) in [6, 6.07) is 5.32. The van der Waals surface area contributed by atoms with Gasteiger partial charge < -0.3 is 15.8 Å². The van der Waals surface area contributed by atoms with Gasteiger partial charge in [0.25, 0.3) is 5.91 Å². The van der Waals surface area contributed by atoms with E-state index in [-0.39, 0.29) is 11.3 Å². The first kappa shape index (κ1) is 13.8. The van der Waals surface area contributed by atoms with Crippen LogP contribution in [0.5, 0.6) is 5.75 Å². The Morgan fingerprint density at radius 1 is 1.40 bits per heavy atom. The van der Waals surface area contributed by atoms with E-state index in [1.165, 1.54) is 35.1 Å². The molecule has 1 heterocycles. The number of hydrogen-bond acceptors (Lipinski definition) is 4. The van der Waals surface area contributed by atoms with E-state index in [4.69, 9.17) is 5.73 Å². The summed E-state index contributed by atoms with van der Waals surface area (Å²) in [7, 11) is 1.63. The first-order chi connectivity index (χ1) is 9.47. The van der Waals surface area contributed by atoms with Crippen molar-refractivity contribution in [2.75, 3.05) is 11.1 Å². The van der Waals surface area contributed by atoms with Crippen LogP contribution in [0.1, 0.15) is 10.4 Å². The number of nitrogens with two attached hydrogens (primary N) is 1. The molecule has 106 valence electrons. The Kier molecular flexibility index (Phi) is 3.83. The molecule has 2 rings (SSSR count). The van der Waals surface area contributed by atoms with Gasteiger partial charge >= 0.3 is 6.61 Å². The number of carbonyl (C=O) groups is 1. The molecule has 0 spiro atoms. The molecule has 0 saturated carbocycles. The lowest BCUT2D eigenvalue weighted by Crippen LogP contribution is -2.15. The Morgan fingerprint density at radius 2 is 2.05 bits per heavy atom. The number of amides is 1. The number of ether oxygens (including phenoxy) is 1. The SMILES string of the molecule is Cn1ncc(N)c1NC(=O)c1ccc(OC(F)F)cc1. The Balaban J connectivity index is 2.10. The fraction of sp³-hybridized carbons (Fsp3) is 0.167. The van der Waals surface area contributed by atoms with Gasteiger partial charge in [-0.05, 0) is 24.3 Å². The van der Waals surface area contributed by atoms with Crippen molar-refractivity contribution in [2.45, 2.75) is 6.61 Å². The Hall–Kier alpha value is -2.64. The lowest BCUT2D eigenvalue weighted by Gasteiger charge is -2.08. The largest absolute Gasteiger partial charge is 0.435 e. The summed E-state index contributed by atoms with van der Waals surface area (Å²) in [6.07, 6.45) is 1.41. The maximum Gasteiger partial charge on any atom is 0.387 e. The second-order valence-electron chi connectivity index (χ2n) is 3.93. The molecular weight excluding hydrogens is 270 g/mol. The van der Waals surface area contributed by atoms with Crippen LogP contribution in [-0.4, -0.2) is 22.3 Å². The lowest BCUT2D eigenvalue weighted by atomic mass is 10.2. The third kappa shape index (κ3) is 3.02. The van der Waals surface area contributed by atoms with Gasteiger partial charge in [0.1, 0.15) is 5.75 Å². The van der Waals surface area contributed by atoms with Gasteiger partial charge in [0, 0.05) is 12.6 Å². The number of nitrogens with zero attached hydrogens (tertiary/aromatic N) is 2. The summed E-state index contributed by atoms with van der Waals surface area (Å²) in [4.78, 5) is 12.0. The summed E-state index contributed by atoms with van der Waals surface area (Å²) in [6.45, 7) is -2.90. The van der Waals surface area contributed by atoms with Crippen LogP contribution in [0.3, 0.4) is 0 Å². The molecule has 3 N–H and O–H groups in total. The van der Waals surface area contributed by atoms with Crippen LogP contribution in [0.25, 0.3) is 0 Å². The number of benzene rings is 1. The van der Waals surface area contributed by atoms with E-state index < -0.39 is 12.5 Å². The van der Waals surface area contributed by atoms with Crippen LogP contribution < -0.4 is 15.8 Å². The molecule has 0 unspecified atom stereocenters. The van der Waals surface area contributed by atoms with Crippen molar-refractivity contribution >= 4 is 17.4 Å². The highest BCUT2D eigenvalue weighted by molar-refractivity contribution is 6.05. The number of rotatable bonds is 4. The van der Waals surface area contributed by atoms with Crippen molar-refractivity contribution in [3.63, 3.8) is 0 Å². The first-order valence-corrected chi connectivity index (χ1v) is 5.61. The van der Waals surface area contributed by atoms with E-state index in [2.05, 4.69) is 15.2 Å². The summed E-state index contributed by atoms with van der Waals surface area (Å²) in [5.41, 5.74) is 6.26. The van der Waals surface area contributed by atoms with Crippen LogP contribution in [0.15, 0.2) is 30.5 Å². The van der Waals surface area contributed by atoms with Crippen LogP contribution in [0, 0.1) is 0 Å². The minimum absolute atomic E-state index is 0.0170. The van der Waals surface area contributed by atoms with Gasteiger partial charge in [-0.15, -0.1) is 0 Å². The van der Waals surface area contributed by atoms with Gasteiger partial charge in [-0.3, -0.25) is 9.48 Å². The fourth-order valence-electron chi connectivity index (χ4n) is 1.58. The van der Waals surface area contributed by atoms with Crippen LogP contribution in [0.2, 0.25) is 0 Å². The third-order valence-electron chi connectivity index (χ3n) is 2.54. The highest BCUT2D eigenvalue weighted by Gasteiger charge is 2.12. The molecule has 2 aromatic rings. The molecule has 0 atom stereocenters. The smallest absolute Gasteiger partial charge is 0.387 e. The number of aryl methyl sites for hydroxylation is 1. The predicted molar refractivity (Wildman–Crippen MR) is 68.6 cm³/mol. The molecule has 0 aliphatic heterocycles. The number of halogens is 2. The second kappa shape index (κ2) is 5.55. The van der Waals surface area contributed by atoms with Crippen molar-refractivity contribution in [1.29, 1.82) is 0 Å². The molecule has 20 heavy (non-hydrogen) atoms. The molecule has 0 bridgehead atoms. The molecule has 0 radical (unpaired) electrons. The molecule has 0 saturated heterocycles. The van der Waals surface area contributed by atoms with Gasteiger partial charge in [-0.25, -0.2) is 0 Å².